The fourth-order valence-corrected chi connectivity index (χ4v) is 2.73. The van der Waals surface area contributed by atoms with Crippen molar-refractivity contribution >= 4 is 11.6 Å². The first-order chi connectivity index (χ1) is 8.67. The molecule has 0 N–H and O–H groups in total. The largest absolute Gasteiger partial charge is 0.492 e. The molecule has 0 spiro atoms. The van der Waals surface area contributed by atoms with Gasteiger partial charge in [0, 0.05) is 16.0 Å². The van der Waals surface area contributed by atoms with E-state index < -0.39 is 0 Å². The van der Waals surface area contributed by atoms with Crippen LogP contribution in [0.5, 0.6) is 5.75 Å². The number of benzene rings is 2. The topological polar surface area (TPSA) is 9.23 Å². The van der Waals surface area contributed by atoms with E-state index in [9.17, 15) is 0 Å². The van der Waals surface area contributed by atoms with Gasteiger partial charge in [0.15, 0.2) is 0 Å². The highest BCUT2D eigenvalue weighted by atomic mass is 35.5. The van der Waals surface area contributed by atoms with Gasteiger partial charge in [-0.25, -0.2) is 0 Å². The zero-order valence-corrected chi connectivity index (χ0v) is 11.1. The second kappa shape index (κ2) is 4.33. The maximum Gasteiger partial charge on any atom is 0.123 e. The molecule has 3 rings (SSSR count). The van der Waals surface area contributed by atoms with Gasteiger partial charge < -0.3 is 4.74 Å². The Morgan fingerprint density at radius 3 is 2.61 bits per heavy atom. The van der Waals surface area contributed by atoms with E-state index in [2.05, 4.69) is 31.2 Å². The van der Waals surface area contributed by atoms with Crippen LogP contribution in [-0.2, 0) is 11.8 Å². The molecule has 2 aromatic rings. The van der Waals surface area contributed by atoms with Gasteiger partial charge in [0.05, 0.1) is 6.61 Å². The van der Waals surface area contributed by atoms with Crippen LogP contribution in [0.2, 0.25) is 5.02 Å². The van der Waals surface area contributed by atoms with Gasteiger partial charge in [0.1, 0.15) is 5.75 Å². The van der Waals surface area contributed by atoms with Gasteiger partial charge in [-0.2, -0.15) is 0 Å². The Balaban J connectivity index is 1.91. The average molecular weight is 259 g/mol. The lowest BCUT2D eigenvalue weighted by molar-refractivity contribution is 0.277. The van der Waals surface area contributed by atoms with E-state index >= 15 is 0 Å². The zero-order valence-electron chi connectivity index (χ0n) is 10.3. The fraction of sp³-hybridized carbons (Fsp3) is 0.250. The fourth-order valence-electron chi connectivity index (χ4n) is 2.60. The number of halogens is 1. The zero-order chi connectivity index (χ0) is 12.6. The molecule has 0 aromatic heterocycles. The normalized spacial score (nSPS) is 21.4. The molecule has 0 saturated heterocycles. The van der Waals surface area contributed by atoms with Crippen molar-refractivity contribution < 1.29 is 4.74 Å². The summed E-state index contributed by atoms with van der Waals surface area (Å²) < 4.78 is 5.78. The molecule has 0 saturated carbocycles. The van der Waals surface area contributed by atoms with Crippen molar-refractivity contribution in [3.05, 3.63) is 64.7 Å². The van der Waals surface area contributed by atoms with Gasteiger partial charge >= 0.3 is 0 Å². The lowest BCUT2D eigenvalue weighted by Gasteiger charge is -2.22. The van der Waals surface area contributed by atoms with Crippen LogP contribution >= 0.6 is 11.6 Å². The first kappa shape index (κ1) is 11.6. The maximum absolute atomic E-state index is 5.92. The summed E-state index contributed by atoms with van der Waals surface area (Å²) in [4.78, 5) is 0. The predicted molar refractivity (Wildman–Crippen MR) is 74.4 cm³/mol. The Morgan fingerprint density at radius 1 is 1.11 bits per heavy atom. The molecule has 0 unspecified atom stereocenters. The van der Waals surface area contributed by atoms with E-state index in [1.807, 2.05) is 24.3 Å². The standard InChI is InChI=1S/C16H15ClO/c1-16(10-12-6-8-13(17)9-7-12)11-18-15-5-3-2-4-14(15)16/h2-9H,10-11H2,1H3/t16-/m1/s1. The Kier molecular flexibility index (Phi) is 2.79. The smallest absolute Gasteiger partial charge is 0.123 e. The summed E-state index contributed by atoms with van der Waals surface area (Å²) in [6.07, 6.45) is 0.973. The number of rotatable bonds is 2. The lowest BCUT2D eigenvalue weighted by atomic mass is 9.79. The summed E-state index contributed by atoms with van der Waals surface area (Å²) in [5.74, 6) is 1.02. The molecule has 1 heterocycles. The van der Waals surface area contributed by atoms with Crippen molar-refractivity contribution in [2.45, 2.75) is 18.8 Å². The minimum absolute atomic E-state index is 0.0599. The van der Waals surface area contributed by atoms with Crippen LogP contribution in [0.3, 0.4) is 0 Å². The second-order valence-corrected chi connectivity index (χ2v) is 5.59. The Labute approximate surface area is 112 Å². The van der Waals surface area contributed by atoms with Crippen molar-refractivity contribution in [3.63, 3.8) is 0 Å². The van der Waals surface area contributed by atoms with E-state index in [-0.39, 0.29) is 5.41 Å². The summed E-state index contributed by atoms with van der Waals surface area (Å²) in [6.45, 7) is 3.00. The quantitative estimate of drug-likeness (QED) is 0.783. The molecule has 0 radical (unpaired) electrons. The van der Waals surface area contributed by atoms with E-state index in [4.69, 9.17) is 16.3 Å². The highest BCUT2D eigenvalue weighted by Crippen LogP contribution is 2.40. The molecule has 0 aliphatic carbocycles. The van der Waals surface area contributed by atoms with Crippen LogP contribution in [0, 0.1) is 0 Å². The van der Waals surface area contributed by atoms with Crippen LogP contribution in [0.1, 0.15) is 18.1 Å². The number of para-hydroxylation sites is 1. The SMILES string of the molecule is C[C@@]1(Cc2ccc(Cl)cc2)COc2ccccc21. The summed E-state index contributed by atoms with van der Waals surface area (Å²) >= 11 is 5.92. The van der Waals surface area contributed by atoms with Crippen LogP contribution in [0.15, 0.2) is 48.5 Å². The lowest BCUT2D eigenvalue weighted by Crippen LogP contribution is -2.26. The molecule has 92 valence electrons. The van der Waals surface area contributed by atoms with Crippen LogP contribution in [0.4, 0.5) is 0 Å². The molecule has 0 bridgehead atoms. The van der Waals surface area contributed by atoms with E-state index in [0.29, 0.717) is 0 Å². The third-order valence-electron chi connectivity index (χ3n) is 3.59. The summed E-state index contributed by atoms with van der Waals surface area (Å²) in [6, 6.07) is 16.4. The van der Waals surface area contributed by atoms with Crippen molar-refractivity contribution in [1.29, 1.82) is 0 Å². The minimum Gasteiger partial charge on any atom is -0.492 e. The highest BCUT2D eigenvalue weighted by molar-refractivity contribution is 6.30. The average Bonchev–Trinajstić information content (AvgIpc) is 2.71. The Hall–Kier alpha value is -1.47. The van der Waals surface area contributed by atoms with Crippen molar-refractivity contribution in [1.82, 2.24) is 0 Å². The number of hydrogen-bond donors (Lipinski definition) is 0. The minimum atomic E-state index is 0.0599. The van der Waals surface area contributed by atoms with E-state index in [0.717, 1.165) is 23.8 Å². The molecule has 1 aliphatic rings. The van der Waals surface area contributed by atoms with Crippen LogP contribution in [0.25, 0.3) is 0 Å². The molecule has 18 heavy (non-hydrogen) atoms. The van der Waals surface area contributed by atoms with Crippen molar-refractivity contribution in [2.75, 3.05) is 6.61 Å². The molecule has 1 nitrogen and oxygen atoms in total. The van der Waals surface area contributed by atoms with Gasteiger partial charge in [-0.1, -0.05) is 48.9 Å². The summed E-state index contributed by atoms with van der Waals surface area (Å²) in [5.41, 5.74) is 2.66. The number of ether oxygens (including phenoxy) is 1. The third-order valence-corrected chi connectivity index (χ3v) is 3.84. The van der Waals surface area contributed by atoms with Gasteiger partial charge in [-0.3, -0.25) is 0 Å². The van der Waals surface area contributed by atoms with Gasteiger partial charge in [0.2, 0.25) is 0 Å². The number of fused-ring (bicyclic) bond motifs is 1. The molecule has 2 aromatic carbocycles. The maximum atomic E-state index is 5.92. The molecule has 0 fully saturated rings. The molecule has 2 heteroatoms. The monoisotopic (exact) mass is 258 g/mol. The Morgan fingerprint density at radius 2 is 1.83 bits per heavy atom. The van der Waals surface area contributed by atoms with E-state index in [1.165, 1.54) is 11.1 Å². The summed E-state index contributed by atoms with van der Waals surface area (Å²) in [5, 5.41) is 0.784. The molecule has 1 aliphatic heterocycles. The van der Waals surface area contributed by atoms with E-state index in [1.54, 1.807) is 0 Å². The van der Waals surface area contributed by atoms with Crippen molar-refractivity contribution in [2.24, 2.45) is 0 Å². The molecule has 1 atom stereocenters. The highest BCUT2D eigenvalue weighted by Gasteiger charge is 2.35. The van der Waals surface area contributed by atoms with Crippen molar-refractivity contribution in [3.8, 4) is 5.75 Å². The molecular weight excluding hydrogens is 244 g/mol. The van der Waals surface area contributed by atoms with Gasteiger partial charge in [-0.15, -0.1) is 0 Å². The van der Waals surface area contributed by atoms with Gasteiger partial charge in [-0.05, 0) is 30.2 Å². The first-order valence-electron chi connectivity index (χ1n) is 6.14. The third kappa shape index (κ3) is 1.99. The van der Waals surface area contributed by atoms with Crippen LogP contribution < -0.4 is 4.74 Å². The van der Waals surface area contributed by atoms with Gasteiger partial charge in [0.25, 0.3) is 0 Å². The molecular formula is C16H15ClO. The second-order valence-electron chi connectivity index (χ2n) is 5.15. The Bertz CT molecular complexity index is 562. The van der Waals surface area contributed by atoms with Crippen LogP contribution in [-0.4, -0.2) is 6.61 Å². The first-order valence-corrected chi connectivity index (χ1v) is 6.52. The summed E-state index contributed by atoms with van der Waals surface area (Å²) in [7, 11) is 0. The molecule has 0 amide bonds. The number of hydrogen-bond acceptors (Lipinski definition) is 1. The predicted octanol–water partition coefficient (Wildman–Crippen LogP) is 4.23.